The van der Waals surface area contributed by atoms with Crippen LogP contribution in [0.3, 0.4) is 0 Å². The minimum absolute atomic E-state index is 0.116. The monoisotopic (exact) mass is 726 g/mol. The topological polar surface area (TPSA) is 132 Å². The van der Waals surface area contributed by atoms with Gasteiger partial charge in [-0.1, -0.05) is 141 Å². The number of rotatable bonds is 34. The molecule has 1 aliphatic rings. The summed E-state index contributed by atoms with van der Waals surface area (Å²) >= 11 is 0. The lowest BCUT2D eigenvalue weighted by atomic mass is 10.0. The van der Waals surface area contributed by atoms with Crippen molar-refractivity contribution in [1.29, 1.82) is 0 Å². The summed E-state index contributed by atoms with van der Waals surface area (Å²) < 4.78 is 32.1. The average Bonchev–Trinajstić information content (AvgIpc) is 3.82. The van der Waals surface area contributed by atoms with Gasteiger partial charge in [-0.15, -0.1) is 0 Å². The number of hydrogen-bond acceptors (Lipinski definition) is 7. The molecule has 10 heteroatoms. The summed E-state index contributed by atoms with van der Waals surface area (Å²) in [5, 5.41) is 0. The third-order valence-corrected chi connectivity index (χ3v) is 9.25. The maximum absolute atomic E-state index is 12.4. The van der Waals surface area contributed by atoms with Crippen LogP contribution >= 0.6 is 7.82 Å². The fraction of sp³-hybridized carbons (Fsp3) is 0.800. The van der Waals surface area contributed by atoms with Crippen LogP contribution in [-0.2, 0) is 32.9 Å². The first-order valence-corrected chi connectivity index (χ1v) is 21.3. The molecule has 1 saturated heterocycles. The largest absolute Gasteiger partial charge is 0.469 e. The average molecular weight is 727 g/mol. The maximum atomic E-state index is 12.4. The molecule has 290 valence electrons. The Morgan fingerprint density at radius 3 is 1.90 bits per heavy atom. The second-order valence-corrected chi connectivity index (χ2v) is 15.4. The van der Waals surface area contributed by atoms with E-state index in [1.54, 1.807) is 0 Å². The highest BCUT2D eigenvalue weighted by atomic mass is 31.2. The van der Waals surface area contributed by atoms with Crippen LogP contribution in [0.2, 0.25) is 0 Å². The summed E-state index contributed by atoms with van der Waals surface area (Å²) in [7, 11) is -4.78. The zero-order valence-electron chi connectivity index (χ0n) is 31.7. The second-order valence-electron chi connectivity index (χ2n) is 14.1. The number of phosphoric acid groups is 1. The third-order valence-electron chi connectivity index (χ3n) is 8.76. The van der Waals surface area contributed by atoms with Gasteiger partial charge in [0.2, 0.25) is 0 Å². The summed E-state index contributed by atoms with van der Waals surface area (Å²) in [5.74, 6) is -0.154. The van der Waals surface area contributed by atoms with Crippen LogP contribution in [0.5, 0.6) is 0 Å². The highest BCUT2D eigenvalue weighted by Gasteiger charge is 2.36. The van der Waals surface area contributed by atoms with Crippen LogP contribution < -0.4 is 0 Å². The Morgan fingerprint density at radius 2 is 1.28 bits per heavy atom. The standard InChI is InChI=1S/C40H71O9P/c1-4-5-6-7-8-9-10-13-16-19-22-25-29-37-38(49-37)30-27-32-40(42)48-36(34-47-50(43,44)45)33-46-39(41)31-26-23-20-17-14-11-12-15-18-21-24-28-35(2)3/h8-9,13,16,22,25,35-38H,4-7,10-12,14-15,17-21,23-24,26-34H2,1-3H3,(H2,43,44,45)/b9-8-,16-13-,25-22-/t36-,37?,38?/m1/s1. The van der Waals surface area contributed by atoms with E-state index >= 15 is 0 Å². The Balaban J connectivity index is 2.14. The number of epoxide rings is 1. The molecule has 0 aromatic carbocycles. The van der Waals surface area contributed by atoms with Gasteiger partial charge in [-0.05, 0) is 57.3 Å². The predicted octanol–water partition coefficient (Wildman–Crippen LogP) is 10.6. The van der Waals surface area contributed by atoms with Crippen LogP contribution in [0.25, 0.3) is 0 Å². The molecule has 0 aromatic heterocycles. The fourth-order valence-corrected chi connectivity index (χ4v) is 6.06. The van der Waals surface area contributed by atoms with Gasteiger partial charge < -0.3 is 24.0 Å². The number of allylic oxidation sites excluding steroid dienone is 5. The first-order valence-electron chi connectivity index (χ1n) is 19.8. The van der Waals surface area contributed by atoms with E-state index < -0.39 is 32.5 Å². The van der Waals surface area contributed by atoms with E-state index in [4.69, 9.17) is 24.0 Å². The highest BCUT2D eigenvalue weighted by Crippen LogP contribution is 2.36. The minimum Gasteiger partial charge on any atom is -0.462 e. The van der Waals surface area contributed by atoms with Crippen molar-refractivity contribution in [2.45, 2.75) is 187 Å². The molecule has 1 heterocycles. The molecule has 2 N–H and O–H groups in total. The van der Waals surface area contributed by atoms with Gasteiger partial charge in [-0.2, -0.15) is 0 Å². The van der Waals surface area contributed by atoms with Gasteiger partial charge in [0.25, 0.3) is 0 Å². The number of carbonyl (C=O) groups is 2. The van der Waals surface area contributed by atoms with Crippen molar-refractivity contribution in [3.05, 3.63) is 36.5 Å². The highest BCUT2D eigenvalue weighted by molar-refractivity contribution is 7.46. The molecule has 0 spiro atoms. The van der Waals surface area contributed by atoms with Gasteiger partial charge in [0, 0.05) is 12.8 Å². The lowest BCUT2D eigenvalue weighted by Crippen LogP contribution is -2.29. The van der Waals surface area contributed by atoms with E-state index in [0.29, 0.717) is 12.8 Å². The number of ether oxygens (including phenoxy) is 3. The lowest BCUT2D eigenvalue weighted by molar-refractivity contribution is -0.161. The van der Waals surface area contributed by atoms with E-state index in [2.05, 4.69) is 61.8 Å². The second kappa shape index (κ2) is 30.8. The fourth-order valence-electron chi connectivity index (χ4n) is 5.70. The summed E-state index contributed by atoms with van der Waals surface area (Å²) in [5.41, 5.74) is 0. The van der Waals surface area contributed by atoms with Crippen molar-refractivity contribution in [2.24, 2.45) is 5.92 Å². The van der Waals surface area contributed by atoms with Crippen molar-refractivity contribution in [3.63, 3.8) is 0 Å². The Morgan fingerprint density at radius 1 is 0.700 bits per heavy atom. The van der Waals surface area contributed by atoms with Gasteiger partial charge >= 0.3 is 19.8 Å². The molecule has 1 fully saturated rings. The quantitative estimate of drug-likeness (QED) is 0.0219. The lowest BCUT2D eigenvalue weighted by Gasteiger charge is -2.18. The van der Waals surface area contributed by atoms with E-state index in [9.17, 15) is 14.2 Å². The molecule has 0 amide bonds. The number of esters is 2. The molecule has 2 unspecified atom stereocenters. The van der Waals surface area contributed by atoms with Crippen molar-refractivity contribution >= 4 is 19.8 Å². The van der Waals surface area contributed by atoms with Crippen molar-refractivity contribution in [1.82, 2.24) is 0 Å². The van der Waals surface area contributed by atoms with Crippen LogP contribution in [0.15, 0.2) is 36.5 Å². The number of unbranched alkanes of at least 4 members (excludes halogenated alkanes) is 13. The molecule has 0 bridgehead atoms. The van der Waals surface area contributed by atoms with Crippen molar-refractivity contribution in [2.75, 3.05) is 13.2 Å². The van der Waals surface area contributed by atoms with Gasteiger partial charge in [-0.25, -0.2) is 4.57 Å². The van der Waals surface area contributed by atoms with Gasteiger partial charge in [0.1, 0.15) is 6.61 Å². The van der Waals surface area contributed by atoms with Crippen LogP contribution in [-0.4, -0.2) is 53.3 Å². The van der Waals surface area contributed by atoms with Gasteiger partial charge in [-0.3, -0.25) is 14.1 Å². The minimum atomic E-state index is -4.78. The van der Waals surface area contributed by atoms with E-state index in [-0.39, 0.29) is 31.7 Å². The van der Waals surface area contributed by atoms with E-state index in [1.807, 2.05) is 0 Å². The van der Waals surface area contributed by atoms with Gasteiger partial charge in [0.15, 0.2) is 6.10 Å². The normalized spacial score (nSPS) is 17.0. The van der Waals surface area contributed by atoms with Crippen molar-refractivity contribution in [3.8, 4) is 0 Å². The Hall–Kier alpha value is -1.77. The summed E-state index contributed by atoms with van der Waals surface area (Å²) in [6, 6.07) is 0. The molecule has 3 atom stereocenters. The Bertz CT molecular complexity index is 987. The SMILES string of the molecule is CCCCC/C=C\C/C=C\C/C=C\CC1OC1CCCC(=O)O[C@H](COC(=O)CCCCCCCCCCCCCC(C)C)COP(=O)(O)O. The smallest absolute Gasteiger partial charge is 0.462 e. The summed E-state index contributed by atoms with van der Waals surface area (Å²) in [6.45, 7) is 5.91. The molecule has 0 aliphatic carbocycles. The number of phosphoric ester groups is 1. The first-order chi connectivity index (χ1) is 24.1. The molecule has 1 rings (SSSR count). The zero-order valence-corrected chi connectivity index (χ0v) is 32.5. The Labute approximate surface area is 304 Å². The number of hydrogen-bond donors (Lipinski definition) is 2. The predicted molar refractivity (Wildman–Crippen MR) is 202 cm³/mol. The first kappa shape index (κ1) is 46.3. The van der Waals surface area contributed by atoms with Crippen LogP contribution in [0.4, 0.5) is 0 Å². The van der Waals surface area contributed by atoms with Crippen molar-refractivity contribution < 1.29 is 42.7 Å². The maximum Gasteiger partial charge on any atom is 0.469 e. The van der Waals surface area contributed by atoms with E-state index in [1.165, 1.54) is 77.0 Å². The zero-order chi connectivity index (χ0) is 36.7. The number of carbonyl (C=O) groups excluding carboxylic acids is 2. The molecule has 50 heavy (non-hydrogen) atoms. The molecular formula is C40H71O9P. The molecule has 0 saturated carbocycles. The van der Waals surface area contributed by atoms with E-state index in [0.717, 1.165) is 50.9 Å². The summed E-state index contributed by atoms with van der Waals surface area (Å²) in [4.78, 5) is 42.9. The molecule has 0 radical (unpaired) electrons. The molecule has 0 aromatic rings. The van der Waals surface area contributed by atoms with Gasteiger partial charge in [0.05, 0.1) is 18.8 Å². The Kier molecular flexibility index (Phi) is 28.5. The summed E-state index contributed by atoms with van der Waals surface area (Å²) in [6.07, 6.45) is 36.0. The molecule has 1 aliphatic heterocycles. The molecular weight excluding hydrogens is 655 g/mol. The van der Waals surface area contributed by atoms with Crippen LogP contribution in [0.1, 0.15) is 168 Å². The van der Waals surface area contributed by atoms with Crippen LogP contribution in [0, 0.1) is 5.92 Å². The molecule has 9 nitrogen and oxygen atoms in total. The third kappa shape index (κ3) is 31.0.